The molecule has 0 aliphatic carbocycles. The molecule has 1 saturated heterocycles. The molecular formula is C12H19NO2S. The predicted molar refractivity (Wildman–Crippen MR) is 64.8 cm³/mol. The van der Waals surface area contributed by atoms with E-state index >= 15 is 0 Å². The van der Waals surface area contributed by atoms with E-state index in [1.807, 2.05) is 12.3 Å². The number of hydrogen-bond donors (Lipinski definition) is 1. The van der Waals surface area contributed by atoms with Crippen LogP contribution in [-0.4, -0.2) is 28.9 Å². The highest BCUT2D eigenvalue weighted by atomic mass is 32.1. The molecular weight excluding hydrogens is 222 g/mol. The standard InChI is InChI=1S/C12H19NO2S/c1-9-8-16-12(13-9)7-10(14)6-11-4-2-3-5-15-11/h8,10-11,14H,2-7H2,1H3. The van der Waals surface area contributed by atoms with E-state index in [1.165, 1.54) is 6.42 Å². The van der Waals surface area contributed by atoms with Crippen molar-refractivity contribution in [1.29, 1.82) is 0 Å². The summed E-state index contributed by atoms with van der Waals surface area (Å²) in [5, 5.41) is 13.0. The second-order valence-electron chi connectivity index (χ2n) is 4.46. The maximum absolute atomic E-state index is 9.95. The van der Waals surface area contributed by atoms with Gasteiger partial charge in [-0.3, -0.25) is 0 Å². The Kier molecular flexibility index (Phi) is 4.32. The molecule has 90 valence electrons. The lowest BCUT2D eigenvalue weighted by atomic mass is 10.0. The highest BCUT2D eigenvalue weighted by Crippen LogP contribution is 2.19. The van der Waals surface area contributed by atoms with Crippen molar-refractivity contribution in [2.75, 3.05) is 6.61 Å². The lowest BCUT2D eigenvalue weighted by Gasteiger charge is -2.24. The molecule has 16 heavy (non-hydrogen) atoms. The highest BCUT2D eigenvalue weighted by molar-refractivity contribution is 7.09. The zero-order valence-corrected chi connectivity index (χ0v) is 10.5. The molecule has 1 N–H and O–H groups in total. The van der Waals surface area contributed by atoms with E-state index in [0.717, 1.165) is 36.6 Å². The molecule has 0 aromatic carbocycles. The fourth-order valence-electron chi connectivity index (χ4n) is 2.08. The Morgan fingerprint density at radius 1 is 1.62 bits per heavy atom. The van der Waals surface area contributed by atoms with Crippen LogP contribution < -0.4 is 0 Å². The predicted octanol–water partition coefficient (Wildman–Crippen LogP) is 2.31. The monoisotopic (exact) mass is 241 g/mol. The number of ether oxygens (including phenoxy) is 1. The second kappa shape index (κ2) is 5.75. The van der Waals surface area contributed by atoms with Gasteiger partial charge in [0.1, 0.15) is 0 Å². The molecule has 0 saturated carbocycles. The van der Waals surface area contributed by atoms with Gasteiger partial charge in [-0.1, -0.05) is 0 Å². The maximum Gasteiger partial charge on any atom is 0.0953 e. The molecule has 2 heterocycles. The average molecular weight is 241 g/mol. The van der Waals surface area contributed by atoms with Crippen molar-refractivity contribution in [3.8, 4) is 0 Å². The molecule has 1 aliphatic rings. The van der Waals surface area contributed by atoms with Crippen molar-refractivity contribution in [2.45, 2.75) is 51.2 Å². The number of aliphatic hydroxyl groups is 1. The Balaban J connectivity index is 1.77. The zero-order chi connectivity index (χ0) is 11.4. The Morgan fingerprint density at radius 2 is 2.50 bits per heavy atom. The Labute approximate surface area is 100 Å². The molecule has 3 nitrogen and oxygen atoms in total. The van der Waals surface area contributed by atoms with Crippen LogP contribution in [0.25, 0.3) is 0 Å². The lowest BCUT2D eigenvalue weighted by Crippen LogP contribution is -2.25. The number of nitrogens with zero attached hydrogens (tertiary/aromatic N) is 1. The fourth-order valence-corrected chi connectivity index (χ4v) is 2.92. The zero-order valence-electron chi connectivity index (χ0n) is 9.69. The topological polar surface area (TPSA) is 42.4 Å². The van der Waals surface area contributed by atoms with E-state index in [-0.39, 0.29) is 12.2 Å². The third-order valence-electron chi connectivity index (χ3n) is 2.89. The first-order valence-corrected chi connectivity index (χ1v) is 6.82. The van der Waals surface area contributed by atoms with Crippen molar-refractivity contribution in [3.63, 3.8) is 0 Å². The van der Waals surface area contributed by atoms with Gasteiger partial charge in [-0.05, 0) is 32.6 Å². The molecule has 0 bridgehead atoms. The third kappa shape index (κ3) is 3.54. The number of thiazole rings is 1. The summed E-state index contributed by atoms with van der Waals surface area (Å²) in [5.74, 6) is 0. The minimum atomic E-state index is -0.311. The van der Waals surface area contributed by atoms with E-state index in [9.17, 15) is 5.11 Å². The van der Waals surface area contributed by atoms with Crippen molar-refractivity contribution >= 4 is 11.3 Å². The Morgan fingerprint density at radius 3 is 3.12 bits per heavy atom. The smallest absolute Gasteiger partial charge is 0.0953 e. The summed E-state index contributed by atoms with van der Waals surface area (Å²) in [7, 11) is 0. The Hall–Kier alpha value is -0.450. The number of rotatable bonds is 4. The van der Waals surface area contributed by atoms with E-state index in [4.69, 9.17) is 4.74 Å². The summed E-state index contributed by atoms with van der Waals surface area (Å²) in [5.41, 5.74) is 1.04. The van der Waals surface area contributed by atoms with Crippen LogP contribution in [0.5, 0.6) is 0 Å². The number of aromatic nitrogens is 1. The van der Waals surface area contributed by atoms with Crippen LogP contribution in [0.2, 0.25) is 0 Å². The second-order valence-corrected chi connectivity index (χ2v) is 5.41. The van der Waals surface area contributed by atoms with Crippen molar-refractivity contribution in [1.82, 2.24) is 4.98 Å². The van der Waals surface area contributed by atoms with Crippen molar-refractivity contribution in [3.05, 3.63) is 16.1 Å². The molecule has 4 heteroatoms. The van der Waals surface area contributed by atoms with Gasteiger partial charge in [0.25, 0.3) is 0 Å². The largest absolute Gasteiger partial charge is 0.393 e. The number of aryl methyl sites for hydroxylation is 1. The lowest BCUT2D eigenvalue weighted by molar-refractivity contribution is -0.0147. The van der Waals surface area contributed by atoms with Gasteiger partial charge in [-0.15, -0.1) is 11.3 Å². The number of aliphatic hydroxyl groups excluding tert-OH is 1. The van der Waals surface area contributed by atoms with Crippen molar-refractivity contribution < 1.29 is 9.84 Å². The SMILES string of the molecule is Cc1csc(CC(O)CC2CCCCO2)n1. The van der Waals surface area contributed by atoms with Gasteiger partial charge in [0, 0.05) is 24.1 Å². The maximum atomic E-state index is 9.95. The first-order valence-electron chi connectivity index (χ1n) is 5.94. The van der Waals surface area contributed by atoms with Crippen LogP contribution in [0.1, 0.15) is 36.4 Å². The van der Waals surface area contributed by atoms with Crippen molar-refractivity contribution in [2.24, 2.45) is 0 Å². The number of hydrogen-bond acceptors (Lipinski definition) is 4. The Bertz CT molecular complexity index is 321. The summed E-state index contributed by atoms with van der Waals surface area (Å²) < 4.78 is 5.61. The van der Waals surface area contributed by atoms with Gasteiger partial charge in [0.15, 0.2) is 0 Å². The van der Waals surface area contributed by atoms with Crippen LogP contribution in [-0.2, 0) is 11.2 Å². The first-order chi connectivity index (χ1) is 7.74. The molecule has 0 spiro atoms. The van der Waals surface area contributed by atoms with Gasteiger partial charge in [-0.25, -0.2) is 4.98 Å². The minimum absolute atomic E-state index is 0.254. The van der Waals surface area contributed by atoms with Gasteiger partial charge in [0.2, 0.25) is 0 Å². The van der Waals surface area contributed by atoms with Crippen LogP contribution >= 0.6 is 11.3 Å². The van der Waals surface area contributed by atoms with Crippen LogP contribution in [0.15, 0.2) is 5.38 Å². The fraction of sp³-hybridized carbons (Fsp3) is 0.750. The molecule has 1 fully saturated rings. The van der Waals surface area contributed by atoms with E-state index in [0.29, 0.717) is 6.42 Å². The molecule has 1 aromatic rings. The van der Waals surface area contributed by atoms with E-state index in [1.54, 1.807) is 11.3 Å². The quantitative estimate of drug-likeness (QED) is 0.879. The molecule has 1 aromatic heterocycles. The molecule has 1 aliphatic heterocycles. The summed E-state index contributed by atoms with van der Waals surface area (Å²) in [4.78, 5) is 4.36. The first kappa shape index (κ1) is 12.0. The van der Waals surface area contributed by atoms with E-state index in [2.05, 4.69) is 4.98 Å². The average Bonchev–Trinajstić information content (AvgIpc) is 2.65. The highest BCUT2D eigenvalue weighted by Gasteiger charge is 2.18. The summed E-state index contributed by atoms with van der Waals surface area (Å²) >= 11 is 1.63. The van der Waals surface area contributed by atoms with Gasteiger partial charge < -0.3 is 9.84 Å². The third-order valence-corrected chi connectivity index (χ3v) is 3.87. The van der Waals surface area contributed by atoms with Crippen LogP contribution in [0.4, 0.5) is 0 Å². The molecule has 0 radical (unpaired) electrons. The summed E-state index contributed by atoms with van der Waals surface area (Å²) in [6, 6.07) is 0. The van der Waals surface area contributed by atoms with E-state index < -0.39 is 0 Å². The van der Waals surface area contributed by atoms with Gasteiger partial charge in [0.05, 0.1) is 17.2 Å². The van der Waals surface area contributed by atoms with Gasteiger partial charge >= 0.3 is 0 Å². The normalized spacial score (nSPS) is 23.2. The van der Waals surface area contributed by atoms with Crippen LogP contribution in [0, 0.1) is 6.92 Å². The molecule has 2 rings (SSSR count). The molecule has 2 atom stereocenters. The molecule has 2 unspecified atom stereocenters. The summed E-state index contributed by atoms with van der Waals surface area (Å²) in [6.07, 6.45) is 4.84. The summed E-state index contributed by atoms with van der Waals surface area (Å²) in [6.45, 7) is 2.84. The minimum Gasteiger partial charge on any atom is -0.393 e. The molecule has 0 amide bonds. The van der Waals surface area contributed by atoms with Gasteiger partial charge in [-0.2, -0.15) is 0 Å². The van der Waals surface area contributed by atoms with Crippen LogP contribution in [0.3, 0.4) is 0 Å².